The molecule has 4 amide bonds. The molecule has 1 unspecified atom stereocenters. The van der Waals surface area contributed by atoms with E-state index in [4.69, 9.17) is 4.74 Å². The minimum absolute atomic E-state index is 0.0479. The normalized spacial score (nSPS) is 20.6. The van der Waals surface area contributed by atoms with Crippen LogP contribution in [0.3, 0.4) is 0 Å². The Bertz CT molecular complexity index is 1420. The van der Waals surface area contributed by atoms with Gasteiger partial charge in [-0.2, -0.15) is 0 Å². The second kappa shape index (κ2) is 14.4. The first-order valence-corrected chi connectivity index (χ1v) is 16.1. The molecule has 45 heavy (non-hydrogen) atoms. The SMILES string of the molecule is CC(=O)Nc1cc(F)cc(C(=O)N2CCN(C(=O)c3ccc(O[C@H]4CCNC4)c(C4CCCCC4)c3)C(C(=O)NC(C)C)C2)c1. The Kier molecular flexibility index (Phi) is 10.4. The van der Waals surface area contributed by atoms with Crippen molar-refractivity contribution in [2.45, 2.75) is 83.4 Å². The van der Waals surface area contributed by atoms with Gasteiger partial charge < -0.3 is 30.5 Å². The maximum absolute atomic E-state index is 14.4. The molecule has 0 bridgehead atoms. The summed E-state index contributed by atoms with van der Waals surface area (Å²) in [5, 5.41) is 8.74. The Hall–Kier alpha value is -3.99. The van der Waals surface area contributed by atoms with Gasteiger partial charge in [0.25, 0.3) is 11.8 Å². The fraction of sp³-hybridized carbons (Fsp3) is 0.529. The van der Waals surface area contributed by atoms with Crippen molar-refractivity contribution in [2.24, 2.45) is 0 Å². The first-order chi connectivity index (χ1) is 21.6. The van der Waals surface area contributed by atoms with Gasteiger partial charge in [0, 0.05) is 49.4 Å². The number of amides is 4. The average molecular weight is 622 g/mol. The van der Waals surface area contributed by atoms with Crippen LogP contribution in [0.2, 0.25) is 0 Å². The van der Waals surface area contributed by atoms with Crippen LogP contribution in [-0.2, 0) is 9.59 Å². The highest BCUT2D eigenvalue weighted by atomic mass is 19.1. The molecule has 1 aliphatic carbocycles. The zero-order valence-corrected chi connectivity index (χ0v) is 26.4. The van der Waals surface area contributed by atoms with E-state index in [1.54, 1.807) is 6.07 Å². The number of halogens is 1. The van der Waals surface area contributed by atoms with Crippen LogP contribution in [0.4, 0.5) is 10.1 Å². The molecule has 2 heterocycles. The van der Waals surface area contributed by atoms with Crippen LogP contribution in [0.1, 0.15) is 91.5 Å². The van der Waals surface area contributed by atoms with Crippen molar-refractivity contribution in [3.8, 4) is 5.75 Å². The summed E-state index contributed by atoms with van der Waals surface area (Å²) in [5.41, 5.74) is 1.75. The summed E-state index contributed by atoms with van der Waals surface area (Å²) in [6.07, 6.45) is 6.59. The molecule has 11 heteroatoms. The first kappa shape index (κ1) is 32.4. The van der Waals surface area contributed by atoms with Crippen LogP contribution >= 0.6 is 0 Å². The van der Waals surface area contributed by atoms with E-state index in [2.05, 4.69) is 16.0 Å². The molecule has 5 rings (SSSR count). The molecule has 2 aliphatic heterocycles. The second-order valence-electron chi connectivity index (χ2n) is 12.7. The van der Waals surface area contributed by atoms with Gasteiger partial charge in [0.2, 0.25) is 11.8 Å². The standard InChI is InChI=1S/C34H44FN5O5/c1-21(2)37-32(42)30-20-39(33(43)25-15-26(35)18-27(16-25)38-22(3)41)13-14-40(30)34(44)24-9-10-31(45-28-11-12-36-19-28)29(17-24)23-7-5-4-6-8-23/h9-10,15-18,21,23,28,30,36H,4-8,11-14,19-20H2,1-3H3,(H,37,42)(H,38,41)/t28-,30?/m0/s1. The van der Waals surface area contributed by atoms with E-state index >= 15 is 0 Å². The van der Waals surface area contributed by atoms with Crippen molar-refractivity contribution < 1.29 is 28.3 Å². The van der Waals surface area contributed by atoms with Crippen molar-refractivity contribution in [1.29, 1.82) is 0 Å². The lowest BCUT2D eigenvalue weighted by Gasteiger charge is -2.41. The number of rotatable bonds is 8. The molecule has 2 atom stereocenters. The highest BCUT2D eigenvalue weighted by Crippen LogP contribution is 2.39. The Balaban J connectivity index is 1.40. The van der Waals surface area contributed by atoms with Gasteiger partial charge in [-0.3, -0.25) is 19.2 Å². The van der Waals surface area contributed by atoms with E-state index in [1.165, 1.54) is 29.2 Å². The summed E-state index contributed by atoms with van der Waals surface area (Å²) in [6.45, 7) is 6.91. The van der Waals surface area contributed by atoms with Gasteiger partial charge in [-0.1, -0.05) is 19.3 Å². The molecule has 2 saturated heterocycles. The highest BCUT2D eigenvalue weighted by Gasteiger charge is 2.38. The lowest BCUT2D eigenvalue weighted by Crippen LogP contribution is -2.62. The lowest BCUT2D eigenvalue weighted by molar-refractivity contribution is -0.127. The van der Waals surface area contributed by atoms with E-state index in [1.807, 2.05) is 26.0 Å². The third-order valence-corrected chi connectivity index (χ3v) is 8.74. The quantitative estimate of drug-likeness (QED) is 0.409. The van der Waals surface area contributed by atoms with Crippen LogP contribution in [0.25, 0.3) is 0 Å². The smallest absolute Gasteiger partial charge is 0.254 e. The molecule has 2 aromatic rings. The van der Waals surface area contributed by atoms with Crippen LogP contribution in [0.15, 0.2) is 36.4 Å². The minimum Gasteiger partial charge on any atom is -0.489 e. The van der Waals surface area contributed by atoms with Crippen LogP contribution < -0.4 is 20.7 Å². The molecular formula is C34H44FN5O5. The van der Waals surface area contributed by atoms with E-state index in [-0.39, 0.29) is 54.8 Å². The number of nitrogens with one attached hydrogen (secondary N) is 3. The molecule has 0 aromatic heterocycles. The lowest BCUT2D eigenvalue weighted by atomic mass is 9.83. The number of hydrogen-bond donors (Lipinski definition) is 3. The van der Waals surface area contributed by atoms with Gasteiger partial charge in [-0.25, -0.2) is 4.39 Å². The third kappa shape index (κ3) is 8.00. The van der Waals surface area contributed by atoms with Gasteiger partial charge in [-0.05, 0) is 87.5 Å². The van der Waals surface area contributed by atoms with Crippen molar-refractivity contribution in [3.63, 3.8) is 0 Å². The summed E-state index contributed by atoms with van der Waals surface area (Å²) >= 11 is 0. The van der Waals surface area contributed by atoms with Crippen LogP contribution in [0, 0.1) is 5.82 Å². The summed E-state index contributed by atoms with van der Waals surface area (Å²) in [4.78, 5) is 55.6. The molecular weight excluding hydrogens is 577 g/mol. The summed E-state index contributed by atoms with van der Waals surface area (Å²) in [7, 11) is 0. The number of benzene rings is 2. The third-order valence-electron chi connectivity index (χ3n) is 8.74. The van der Waals surface area contributed by atoms with E-state index < -0.39 is 23.7 Å². The van der Waals surface area contributed by atoms with Gasteiger partial charge in [-0.15, -0.1) is 0 Å². The molecule has 0 radical (unpaired) electrons. The predicted octanol–water partition coefficient (Wildman–Crippen LogP) is 4.06. The van der Waals surface area contributed by atoms with E-state index in [0.29, 0.717) is 11.5 Å². The van der Waals surface area contributed by atoms with Gasteiger partial charge in [0.1, 0.15) is 23.7 Å². The maximum Gasteiger partial charge on any atom is 0.254 e. The van der Waals surface area contributed by atoms with Gasteiger partial charge >= 0.3 is 0 Å². The number of carbonyl (C=O) groups is 4. The maximum atomic E-state index is 14.4. The Morgan fingerprint density at radius 2 is 1.73 bits per heavy atom. The van der Waals surface area contributed by atoms with Crippen molar-refractivity contribution in [2.75, 3.05) is 38.0 Å². The summed E-state index contributed by atoms with van der Waals surface area (Å²) in [6, 6.07) is 8.14. The topological polar surface area (TPSA) is 120 Å². The molecule has 0 spiro atoms. The number of ether oxygens (including phenoxy) is 1. The largest absolute Gasteiger partial charge is 0.489 e. The molecule has 3 fully saturated rings. The first-order valence-electron chi connectivity index (χ1n) is 16.1. The number of hydrogen-bond acceptors (Lipinski definition) is 6. The molecule has 2 aromatic carbocycles. The summed E-state index contributed by atoms with van der Waals surface area (Å²) in [5.74, 6) is -1.07. The molecule has 10 nitrogen and oxygen atoms in total. The van der Waals surface area contributed by atoms with Gasteiger partial charge in [0.15, 0.2) is 0 Å². The number of piperazine rings is 1. The second-order valence-corrected chi connectivity index (χ2v) is 12.7. The minimum atomic E-state index is -0.945. The number of nitrogens with zero attached hydrogens (tertiary/aromatic N) is 2. The van der Waals surface area contributed by atoms with E-state index in [9.17, 15) is 23.6 Å². The Labute approximate surface area is 264 Å². The van der Waals surface area contributed by atoms with Crippen molar-refractivity contribution in [3.05, 3.63) is 58.9 Å². The molecule has 3 aliphatic rings. The van der Waals surface area contributed by atoms with E-state index in [0.717, 1.165) is 68.6 Å². The zero-order valence-electron chi connectivity index (χ0n) is 26.4. The van der Waals surface area contributed by atoms with Crippen molar-refractivity contribution >= 4 is 29.3 Å². The van der Waals surface area contributed by atoms with Crippen molar-refractivity contribution in [1.82, 2.24) is 20.4 Å². The number of anilines is 1. The fourth-order valence-electron chi connectivity index (χ4n) is 6.58. The number of carbonyl (C=O) groups excluding carboxylic acids is 4. The molecule has 1 saturated carbocycles. The fourth-order valence-corrected chi connectivity index (χ4v) is 6.58. The summed E-state index contributed by atoms with van der Waals surface area (Å²) < 4.78 is 20.8. The molecule has 242 valence electrons. The van der Waals surface area contributed by atoms with Crippen LogP contribution in [0.5, 0.6) is 5.75 Å². The monoisotopic (exact) mass is 621 g/mol. The van der Waals surface area contributed by atoms with Gasteiger partial charge in [0.05, 0.1) is 6.54 Å². The Morgan fingerprint density at radius 3 is 2.42 bits per heavy atom. The Morgan fingerprint density at radius 1 is 0.956 bits per heavy atom. The van der Waals surface area contributed by atoms with Crippen LogP contribution in [-0.4, -0.2) is 84.3 Å². The predicted molar refractivity (Wildman–Crippen MR) is 169 cm³/mol. The zero-order chi connectivity index (χ0) is 32.1. The highest BCUT2D eigenvalue weighted by molar-refractivity contribution is 6.00. The molecule has 3 N–H and O–H groups in total. The average Bonchev–Trinajstić information content (AvgIpc) is 3.53.